The lowest BCUT2D eigenvalue weighted by Gasteiger charge is -2.12. The highest BCUT2D eigenvalue weighted by atomic mass is 32.2. The first kappa shape index (κ1) is 25.0. The lowest BCUT2D eigenvalue weighted by molar-refractivity contribution is -0.113. The van der Waals surface area contributed by atoms with Crippen molar-refractivity contribution in [2.24, 2.45) is 0 Å². The molecule has 0 atom stereocenters. The average molecular weight is 535 g/mol. The average Bonchev–Trinajstić information content (AvgIpc) is 3.49. The van der Waals surface area contributed by atoms with Gasteiger partial charge in [-0.15, -0.1) is 21.5 Å². The largest absolute Gasteiger partial charge is 0.507 e. The molecular formula is C27H26N4O4S2. The summed E-state index contributed by atoms with van der Waals surface area (Å²) in [5, 5.41) is 23.1. The topological polar surface area (TPSA) is 106 Å². The quantitative estimate of drug-likeness (QED) is 0.227. The standard InChI is InChI=1S/C27H26N4O4S2/c1-2-35-26(34)23-19-13-7-9-15-21(19)37-25(23)28-22(33)16-36-27-30-29-24(18-12-6-8-14-20(18)32)31(27)17-10-4-3-5-11-17/h3-6,8,10-12,14,32H,2,7,9,13,15-16H2,1H3,(H,28,33). The van der Waals surface area contributed by atoms with Crippen LogP contribution in [0.2, 0.25) is 0 Å². The molecule has 0 radical (unpaired) electrons. The number of thioether (sulfide) groups is 1. The number of hydrogen-bond donors (Lipinski definition) is 2. The van der Waals surface area contributed by atoms with Crippen molar-refractivity contribution in [1.29, 1.82) is 0 Å². The van der Waals surface area contributed by atoms with Crippen molar-refractivity contribution in [2.75, 3.05) is 17.7 Å². The Balaban J connectivity index is 1.39. The SMILES string of the molecule is CCOC(=O)c1c(NC(=O)CSc2nnc(-c3ccccc3O)n2-c2ccccc2)sc2c1CCCC2. The lowest BCUT2D eigenvalue weighted by Crippen LogP contribution is -2.17. The van der Waals surface area contributed by atoms with E-state index in [9.17, 15) is 14.7 Å². The van der Waals surface area contributed by atoms with Crippen molar-refractivity contribution in [3.05, 3.63) is 70.6 Å². The first-order valence-corrected chi connectivity index (χ1v) is 13.9. The van der Waals surface area contributed by atoms with Crippen LogP contribution in [0, 0.1) is 0 Å². The number of nitrogens with zero attached hydrogens (tertiary/aromatic N) is 3. The number of phenols is 1. The van der Waals surface area contributed by atoms with E-state index in [0.29, 0.717) is 27.1 Å². The Bertz CT molecular complexity index is 1430. The zero-order chi connectivity index (χ0) is 25.8. The van der Waals surface area contributed by atoms with E-state index in [-0.39, 0.29) is 30.0 Å². The maximum absolute atomic E-state index is 13.0. The number of benzene rings is 2. The van der Waals surface area contributed by atoms with Gasteiger partial charge in [0.15, 0.2) is 11.0 Å². The van der Waals surface area contributed by atoms with E-state index in [2.05, 4.69) is 15.5 Å². The van der Waals surface area contributed by atoms with Crippen LogP contribution in [-0.4, -0.2) is 44.1 Å². The number of phenolic OH excluding ortho intramolecular Hbond substituents is 1. The van der Waals surface area contributed by atoms with Crippen LogP contribution in [-0.2, 0) is 22.4 Å². The van der Waals surface area contributed by atoms with Gasteiger partial charge in [0.1, 0.15) is 10.8 Å². The van der Waals surface area contributed by atoms with Crippen LogP contribution in [0.4, 0.5) is 5.00 Å². The fourth-order valence-corrected chi connectivity index (χ4v) is 6.42. The zero-order valence-electron chi connectivity index (χ0n) is 20.3. The maximum Gasteiger partial charge on any atom is 0.341 e. The number of para-hydroxylation sites is 2. The molecule has 0 unspecified atom stereocenters. The Labute approximate surface area is 222 Å². The van der Waals surface area contributed by atoms with Gasteiger partial charge in [0.25, 0.3) is 0 Å². The summed E-state index contributed by atoms with van der Waals surface area (Å²) in [6, 6.07) is 16.5. The number of ether oxygens (including phenoxy) is 1. The molecule has 5 rings (SSSR count). The number of amides is 1. The molecule has 2 aromatic heterocycles. The minimum atomic E-state index is -0.388. The number of anilines is 1. The zero-order valence-corrected chi connectivity index (χ0v) is 21.9. The van der Waals surface area contributed by atoms with Crippen LogP contribution < -0.4 is 5.32 Å². The van der Waals surface area contributed by atoms with Gasteiger partial charge >= 0.3 is 5.97 Å². The lowest BCUT2D eigenvalue weighted by atomic mass is 9.95. The second-order valence-electron chi connectivity index (χ2n) is 8.47. The molecule has 0 saturated carbocycles. The van der Waals surface area contributed by atoms with E-state index in [0.717, 1.165) is 41.8 Å². The second-order valence-corrected chi connectivity index (χ2v) is 10.5. The molecule has 1 aliphatic rings. The van der Waals surface area contributed by atoms with E-state index in [1.54, 1.807) is 25.1 Å². The minimum Gasteiger partial charge on any atom is -0.507 e. The van der Waals surface area contributed by atoms with Gasteiger partial charge in [-0.3, -0.25) is 9.36 Å². The van der Waals surface area contributed by atoms with E-state index in [1.165, 1.54) is 23.1 Å². The molecular weight excluding hydrogens is 508 g/mol. The molecule has 0 saturated heterocycles. The number of aromatic hydroxyl groups is 1. The monoisotopic (exact) mass is 534 g/mol. The van der Waals surface area contributed by atoms with Gasteiger partial charge in [-0.1, -0.05) is 42.1 Å². The number of carbonyl (C=O) groups excluding carboxylic acids is 2. The predicted molar refractivity (Wildman–Crippen MR) is 145 cm³/mol. The molecule has 2 aromatic carbocycles. The van der Waals surface area contributed by atoms with Gasteiger partial charge in [0, 0.05) is 10.6 Å². The Kier molecular flexibility index (Phi) is 7.57. The van der Waals surface area contributed by atoms with Gasteiger partial charge < -0.3 is 15.2 Å². The highest BCUT2D eigenvalue weighted by Crippen LogP contribution is 2.39. The predicted octanol–water partition coefficient (Wildman–Crippen LogP) is 5.49. The minimum absolute atomic E-state index is 0.0660. The molecule has 190 valence electrons. The third kappa shape index (κ3) is 5.26. The molecule has 0 bridgehead atoms. The van der Waals surface area contributed by atoms with Gasteiger partial charge in [-0.05, 0) is 62.4 Å². The number of rotatable bonds is 8. The molecule has 2 heterocycles. The molecule has 37 heavy (non-hydrogen) atoms. The summed E-state index contributed by atoms with van der Waals surface area (Å²) in [6.07, 6.45) is 3.83. The molecule has 0 spiro atoms. The summed E-state index contributed by atoms with van der Waals surface area (Å²) >= 11 is 2.70. The molecule has 8 nitrogen and oxygen atoms in total. The Morgan fingerprint density at radius 2 is 1.84 bits per heavy atom. The summed E-state index contributed by atoms with van der Waals surface area (Å²) in [7, 11) is 0. The van der Waals surface area contributed by atoms with Crippen LogP contribution in [0.25, 0.3) is 17.1 Å². The van der Waals surface area contributed by atoms with Crippen molar-refractivity contribution < 1.29 is 19.4 Å². The number of aryl methyl sites for hydroxylation is 1. The molecule has 0 aliphatic heterocycles. The smallest absolute Gasteiger partial charge is 0.341 e. The van der Waals surface area contributed by atoms with E-state index >= 15 is 0 Å². The first-order chi connectivity index (χ1) is 18.1. The summed E-state index contributed by atoms with van der Waals surface area (Å²) in [5.74, 6) is -0.00422. The number of esters is 1. The number of hydrogen-bond acceptors (Lipinski definition) is 8. The maximum atomic E-state index is 13.0. The Morgan fingerprint density at radius 1 is 1.08 bits per heavy atom. The van der Waals surface area contributed by atoms with Crippen molar-refractivity contribution in [2.45, 2.75) is 37.8 Å². The van der Waals surface area contributed by atoms with Crippen molar-refractivity contribution in [1.82, 2.24) is 14.8 Å². The summed E-state index contributed by atoms with van der Waals surface area (Å²) in [5.41, 5.74) is 2.85. The van der Waals surface area contributed by atoms with Crippen molar-refractivity contribution >= 4 is 40.0 Å². The number of aromatic nitrogens is 3. The number of thiophene rings is 1. The van der Waals surface area contributed by atoms with Gasteiger partial charge in [0.2, 0.25) is 5.91 Å². The van der Waals surface area contributed by atoms with Crippen LogP contribution in [0.3, 0.4) is 0 Å². The Morgan fingerprint density at radius 3 is 2.62 bits per heavy atom. The fourth-order valence-electron chi connectivity index (χ4n) is 4.38. The Hall–Kier alpha value is -3.63. The first-order valence-electron chi connectivity index (χ1n) is 12.1. The molecule has 1 aliphatic carbocycles. The van der Waals surface area contributed by atoms with Gasteiger partial charge in [-0.25, -0.2) is 4.79 Å². The van der Waals surface area contributed by atoms with Crippen molar-refractivity contribution in [3.63, 3.8) is 0 Å². The molecule has 4 aromatic rings. The molecule has 0 fully saturated rings. The van der Waals surface area contributed by atoms with Crippen LogP contribution in [0.5, 0.6) is 5.75 Å². The molecule has 1 amide bonds. The summed E-state index contributed by atoms with van der Waals surface area (Å²) in [6.45, 7) is 2.05. The molecule has 10 heteroatoms. The van der Waals surface area contributed by atoms with E-state index in [4.69, 9.17) is 4.74 Å². The molecule has 2 N–H and O–H groups in total. The second kappa shape index (κ2) is 11.2. The summed E-state index contributed by atoms with van der Waals surface area (Å²) in [4.78, 5) is 26.9. The third-order valence-electron chi connectivity index (χ3n) is 6.03. The summed E-state index contributed by atoms with van der Waals surface area (Å²) < 4.78 is 7.11. The number of nitrogens with one attached hydrogen (secondary N) is 1. The fraction of sp³-hybridized carbons (Fsp3) is 0.259. The van der Waals surface area contributed by atoms with Crippen LogP contribution in [0.15, 0.2) is 59.8 Å². The number of fused-ring (bicyclic) bond motifs is 1. The van der Waals surface area contributed by atoms with Crippen LogP contribution in [0.1, 0.15) is 40.6 Å². The highest BCUT2D eigenvalue weighted by Gasteiger charge is 2.27. The van der Waals surface area contributed by atoms with E-state index in [1.807, 2.05) is 41.0 Å². The van der Waals surface area contributed by atoms with Gasteiger partial charge in [-0.2, -0.15) is 0 Å². The van der Waals surface area contributed by atoms with Crippen LogP contribution >= 0.6 is 23.1 Å². The van der Waals surface area contributed by atoms with Crippen molar-refractivity contribution in [3.8, 4) is 22.8 Å². The normalized spacial score (nSPS) is 12.7. The van der Waals surface area contributed by atoms with E-state index < -0.39 is 0 Å². The third-order valence-corrected chi connectivity index (χ3v) is 8.17. The highest BCUT2D eigenvalue weighted by molar-refractivity contribution is 7.99. The van der Waals surface area contributed by atoms with Gasteiger partial charge in [0.05, 0.1) is 23.5 Å². The number of carbonyl (C=O) groups is 2.